The van der Waals surface area contributed by atoms with Crippen LogP contribution in [0, 0.1) is 0 Å². The second-order valence-electron chi connectivity index (χ2n) is 13.2. The first-order valence-electron chi connectivity index (χ1n) is 23.5. The zero-order chi connectivity index (χ0) is 43.3. The van der Waals surface area contributed by atoms with Gasteiger partial charge in [0.05, 0.1) is 52.0 Å². The monoisotopic (exact) mass is 711 g/mol. The molecule has 0 aliphatic rings. The van der Waals surface area contributed by atoms with Gasteiger partial charge in [0.15, 0.2) is 0 Å². The van der Waals surface area contributed by atoms with Gasteiger partial charge in [-0.05, 0) is 44.9 Å². The Bertz CT molecular complexity index is 1100. The number of aliphatic hydroxyl groups is 1. The predicted octanol–water partition coefficient (Wildman–Crippen LogP) is 10.2. The topological polar surface area (TPSA) is 105 Å². The van der Waals surface area contributed by atoms with E-state index in [1.54, 1.807) is 6.08 Å². The van der Waals surface area contributed by atoms with Crippen LogP contribution < -0.4 is 5.32 Å². The average Bonchev–Trinajstić information content (AvgIpc) is 3.10. The molecule has 3 atom stereocenters. The first kappa shape index (κ1) is 32.9. The second-order valence-corrected chi connectivity index (χ2v) is 14.6. The molecule has 284 valence electrons. The molecular formula is C39H78N2O6P+. The molecule has 0 saturated carbocycles. The summed E-state index contributed by atoms with van der Waals surface area (Å²) in [5.74, 6) is -0.378. The number of allylic oxidation sites excluding steroid dienone is 3. The Morgan fingerprint density at radius 2 is 1.19 bits per heavy atom. The third-order valence-corrected chi connectivity index (χ3v) is 9.31. The zero-order valence-corrected chi connectivity index (χ0v) is 31.4. The molecule has 1 unspecified atom stereocenters. The molecular weight excluding hydrogens is 623 g/mol. The first-order valence-corrected chi connectivity index (χ1v) is 20.5. The fourth-order valence-corrected chi connectivity index (χ4v) is 6.04. The van der Waals surface area contributed by atoms with E-state index in [9.17, 15) is 19.4 Å². The molecule has 0 saturated heterocycles. The van der Waals surface area contributed by atoms with Gasteiger partial charge in [-0.2, -0.15) is 0 Å². The highest BCUT2D eigenvalue weighted by molar-refractivity contribution is 7.47. The van der Waals surface area contributed by atoms with Crippen molar-refractivity contribution in [3.8, 4) is 0 Å². The lowest BCUT2D eigenvalue weighted by Crippen LogP contribution is -2.45. The molecule has 0 radical (unpaired) electrons. The minimum atomic E-state index is -5.04. The summed E-state index contributed by atoms with van der Waals surface area (Å²) in [6.45, 7) is -9.15. The number of likely N-dealkylation sites (N-methyl/N-ethyl adjacent to an activating group) is 1. The number of carbonyl (C=O) groups excluding carboxylic acids is 1. The molecule has 0 aliphatic carbocycles. The lowest BCUT2D eigenvalue weighted by atomic mass is 10.0. The predicted molar refractivity (Wildman–Crippen MR) is 203 cm³/mol. The molecule has 0 aromatic heterocycles. The van der Waals surface area contributed by atoms with Crippen molar-refractivity contribution in [1.29, 1.82) is 0 Å². The fraction of sp³-hybridized carbons (Fsp3) is 0.872. The van der Waals surface area contributed by atoms with Crippen molar-refractivity contribution in [2.24, 2.45) is 0 Å². The highest BCUT2D eigenvalue weighted by Gasteiger charge is 2.27. The number of phosphoric ester groups is 1. The first-order chi connectivity index (χ1) is 26.8. The lowest BCUT2D eigenvalue weighted by Gasteiger charge is -2.25. The number of rotatable bonds is 35. The molecule has 0 heterocycles. The maximum Gasteiger partial charge on any atom is 0.472 e. The number of amides is 1. The van der Waals surface area contributed by atoms with E-state index in [0.717, 1.165) is 57.8 Å². The van der Waals surface area contributed by atoms with Crippen LogP contribution in [-0.4, -0.2) is 73.2 Å². The number of hydrogen-bond acceptors (Lipinski definition) is 5. The molecule has 0 fully saturated rings. The van der Waals surface area contributed by atoms with Gasteiger partial charge >= 0.3 is 7.82 Å². The third-order valence-electron chi connectivity index (χ3n) is 8.33. The number of aliphatic hydroxyl groups excluding tert-OH is 1. The van der Waals surface area contributed by atoms with Crippen LogP contribution in [0.3, 0.4) is 0 Å². The smallest absolute Gasteiger partial charge is 0.387 e. The summed E-state index contributed by atoms with van der Waals surface area (Å²) >= 11 is 0. The van der Waals surface area contributed by atoms with Gasteiger partial charge < -0.3 is 19.8 Å². The van der Waals surface area contributed by atoms with Crippen LogP contribution in [0.2, 0.25) is 0 Å². The lowest BCUT2D eigenvalue weighted by molar-refractivity contribution is -0.870. The number of nitrogens with zero attached hydrogens (tertiary/aromatic N) is 1. The van der Waals surface area contributed by atoms with Gasteiger partial charge in [0.2, 0.25) is 5.91 Å². The van der Waals surface area contributed by atoms with Crippen molar-refractivity contribution in [3.63, 3.8) is 0 Å². The van der Waals surface area contributed by atoms with E-state index in [1.807, 2.05) is 0 Å². The van der Waals surface area contributed by atoms with Gasteiger partial charge in [0.1, 0.15) is 13.2 Å². The van der Waals surface area contributed by atoms with E-state index in [1.165, 1.54) is 83.1 Å². The number of phosphoric acid groups is 1. The number of carbonyl (C=O) groups is 1. The van der Waals surface area contributed by atoms with Gasteiger partial charge in [-0.1, -0.05) is 141 Å². The molecule has 0 aromatic rings. The molecule has 9 heteroatoms. The molecule has 0 bridgehead atoms. The van der Waals surface area contributed by atoms with Gasteiger partial charge in [0, 0.05) is 6.42 Å². The molecule has 0 rings (SSSR count). The highest BCUT2D eigenvalue weighted by Crippen LogP contribution is 2.43. The standard InChI is InChI=1S/C39H77N2O6P/c1-6-8-10-12-14-16-18-20-22-24-26-28-30-32-38(42)37(36-47-48(44,45)46-35-34-41(3,4)5)40-39(43)33-31-29-27-25-23-21-19-17-15-13-11-9-7-2/h17,19,30,32,37-38,42H,6-16,18,20-29,31,33-36H2,1-5H3,(H-,40,43,44,45)/p+1/b19-17+,32-30+/t37-,38+/m0/s1/i3D3,4D3,5D3. The Morgan fingerprint density at radius 1 is 0.729 bits per heavy atom. The summed E-state index contributed by atoms with van der Waals surface area (Å²) in [7, 11) is -5.04. The minimum absolute atomic E-state index is 0.177. The van der Waals surface area contributed by atoms with Crippen molar-refractivity contribution in [2.75, 3.05) is 40.7 Å². The maximum atomic E-state index is 12.9. The van der Waals surface area contributed by atoms with Crippen molar-refractivity contribution >= 4 is 13.7 Å². The molecule has 8 nitrogen and oxygen atoms in total. The van der Waals surface area contributed by atoms with E-state index in [-0.39, 0.29) is 12.3 Å². The Kier molecular flexibility index (Phi) is 21.9. The summed E-state index contributed by atoms with van der Waals surface area (Å²) in [5, 5.41) is 13.7. The molecule has 0 spiro atoms. The zero-order valence-electron chi connectivity index (χ0n) is 39.5. The van der Waals surface area contributed by atoms with E-state index in [4.69, 9.17) is 21.4 Å². The Morgan fingerprint density at radius 3 is 1.71 bits per heavy atom. The average molecular weight is 711 g/mol. The van der Waals surface area contributed by atoms with Crippen LogP contribution >= 0.6 is 7.82 Å². The number of nitrogens with one attached hydrogen (secondary N) is 1. The highest BCUT2D eigenvalue weighted by atomic mass is 31.2. The maximum absolute atomic E-state index is 12.9. The summed E-state index contributed by atoms with van der Waals surface area (Å²) in [6, 6.07) is -1.15. The van der Waals surface area contributed by atoms with E-state index in [0.29, 0.717) is 12.8 Å². The van der Waals surface area contributed by atoms with Gasteiger partial charge in [-0.15, -0.1) is 0 Å². The van der Waals surface area contributed by atoms with Crippen LogP contribution in [-0.2, 0) is 18.4 Å². The summed E-state index contributed by atoms with van der Waals surface area (Å²) in [6.07, 6.45) is 32.4. The Hall–Kier alpha value is -1.02. The van der Waals surface area contributed by atoms with Crippen molar-refractivity contribution < 1.29 is 45.2 Å². The summed E-state index contributed by atoms with van der Waals surface area (Å²) in [4.78, 5) is 23.3. The number of hydrogen-bond donors (Lipinski definition) is 3. The van der Waals surface area contributed by atoms with Gasteiger partial charge in [-0.25, -0.2) is 4.57 Å². The molecule has 0 aliphatic heterocycles. The van der Waals surface area contributed by atoms with E-state index in [2.05, 4.69) is 31.3 Å². The van der Waals surface area contributed by atoms with Crippen LogP contribution in [0.25, 0.3) is 0 Å². The Labute approximate surface area is 309 Å². The van der Waals surface area contributed by atoms with E-state index < -0.39 is 65.1 Å². The number of unbranched alkanes of at least 4 members (excludes halogenated alkanes) is 20. The van der Waals surface area contributed by atoms with Crippen LogP contribution in [0.4, 0.5) is 0 Å². The SMILES string of the molecule is [2H]C([2H])([2H])[N+](CCOP(=O)(O)OC[C@H](NC(=O)CCCCCCC/C=C/CCCCCC)[C@H](O)/C=C/CCCCCCCCCCCCC)(C([2H])([2H])[2H])C([2H])([2H])[2H]. The van der Waals surface area contributed by atoms with Crippen molar-refractivity contribution in [1.82, 2.24) is 5.32 Å². The van der Waals surface area contributed by atoms with Crippen LogP contribution in [0.1, 0.15) is 180 Å². The van der Waals surface area contributed by atoms with Crippen LogP contribution in [0.15, 0.2) is 24.3 Å². The van der Waals surface area contributed by atoms with Gasteiger partial charge in [-0.3, -0.25) is 13.8 Å². The van der Waals surface area contributed by atoms with Crippen molar-refractivity contribution in [3.05, 3.63) is 24.3 Å². The molecule has 0 aromatic carbocycles. The normalized spacial score (nSPS) is 18.5. The van der Waals surface area contributed by atoms with E-state index >= 15 is 0 Å². The Balaban J connectivity index is 5.17. The summed E-state index contributed by atoms with van der Waals surface area (Å²) in [5.41, 5.74) is 0. The van der Waals surface area contributed by atoms with Crippen molar-refractivity contribution in [2.45, 2.75) is 180 Å². The largest absolute Gasteiger partial charge is 0.472 e. The number of quaternary nitrogens is 1. The van der Waals surface area contributed by atoms with Crippen LogP contribution in [0.5, 0.6) is 0 Å². The second kappa shape index (κ2) is 31.9. The summed E-state index contributed by atoms with van der Waals surface area (Å²) < 4.78 is 89.8. The molecule has 1 amide bonds. The van der Waals surface area contributed by atoms with Gasteiger partial charge in [0.25, 0.3) is 0 Å². The quantitative estimate of drug-likeness (QED) is 0.0262. The molecule has 48 heavy (non-hydrogen) atoms. The fourth-order valence-electron chi connectivity index (χ4n) is 5.31. The third kappa shape index (κ3) is 33.5. The minimum Gasteiger partial charge on any atom is -0.387 e. The molecule has 3 N–H and O–H groups in total.